The molecule has 1 atom stereocenters. The number of nitro benzene ring substituents is 1. The molecule has 0 fully saturated rings. The summed E-state index contributed by atoms with van der Waals surface area (Å²) in [5, 5.41) is 13.9. The molecule has 1 aliphatic carbocycles. The Hall–Kier alpha value is -3.69. The molecule has 15 heteroatoms. The lowest BCUT2D eigenvalue weighted by Gasteiger charge is -2.18. The van der Waals surface area contributed by atoms with Crippen molar-refractivity contribution in [3.05, 3.63) is 61.8 Å². The van der Waals surface area contributed by atoms with Gasteiger partial charge in [0.25, 0.3) is 11.6 Å². The first-order valence-electron chi connectivity index (χ1n) is 12.1. The Morgan fingerprint density at radius 1 is 1.30 bits per heavy atom. The van der Waals surface area contributed by atoms with Crippen LogP contribution < -0.4 is 10.1 Å². The molecule has 1 N–H and O–H groups in total. The Morgan fingerprint density at radius 2 is 2.05 bits per heavy atom. The molecule has 0 aliphatic heterocycles. The Bertz CT molecular complexity index is 1710. The fourth-order valence-electron chi connectivity index (χ4n) is 4.46. The van der Waals surface area contributed by atoms with E-state index in [-0.39, 0.29) is 27.6 Å². The molecule has 0 radical (unpaired) electrons. The number of nitrogens with one attached hydrogen (secondary N) is 1. The number of thiazole rings is 1. The highest BCUT2D eigenvalue weighted by Crippen LogP contribution is 2.40. The number of ether oxygens (including phenoxy) is 1. The Morgan fingerprint density at radius 3 is 2.73 bits per heavy atom. The summed E-state index contributed by atoms with van der Waals surface area (Å²) in [7, 11) is -2.99. The number of anilines is 1. The molecule has 0 saturated heterocycles. The zero-order chi connectivity index (χ0) is 29.2. The van der Waals surface area contributed by atoms with E-state index in [0.717, 1.165) is 34.6 Å². The predicted octanol–water partition coefficient (Wildman–Crippen LogP) is 3.25. The number of fused-ring (bicyclic) bond motifs is 2. The van der Waals surface area contributed by atoms with Gasteiger partial charge in [-0.1, -0.05) is 24.3 Å². The molecule has 2 aromatic heterocycles. The third kappa shape index (κ3) is 6.37. The summed E-state index contributed by atoms with van der Waals surface area (Å²) in [5.41, 5.74) is 1.48. The zero-order valence-electron chi connectivity index (χ0n) is 21.7. The van der Waals surface area contributed by atoms with Crippen LogP contribution in [0.3, 0.4) is 0 Å². The fraction of sp³-hybridized carbons (Fsp3) is 0.360. The van der Waals surface area contributed by atoms with Crippen LogP contribution in [-0.4, -0.2) is 54.3 Å². The SMILES string of the molecule is C=CCn1c(=NC(=O)CS(=O)(=O)CC(=O)Nc2sc3c(c2C(=O)OC)CCC(C)C3)sc2cc([N+](=O)[O-])ccc21. The van der Waals surface area contributed by atoms with Crippen LogP contribution in [0.15, 0.2) is 35.8 Å². The largest absolute Gasteiger partial charge is 0.465 e. The number of nitro groups is 1. The maximum absolute atomic E-state index is 12.7. The first-order valence-corrected chi connectivity index (χ1v) is 15.6. The summed E-state index contributed by atoms with van der Waals surface area (Å²) in [5.74, 6) is -4.09. The second-order valence-corrected chi connectivity index (χ2v) is 13.5. The van der Waals surface area contributed by atoms with E-state index in [4.69, 9.17) is 4.74 Å². The molecule has 12 nitrogen and oxygen atoms in total. The first-order chi connectivity index (χ1) is 18.9. The van der Waals surface area contributed by atoms with Gasteiger partial charge in [0.05, 0.1) is 27.8 Å². The van der Waals surface area contributed by atoms with E-state index >= 15 is 0 Å². The highest BCUT2D eigenvalue weighted by molar-refractivity contribution is 7.92. The molecule has 3 aromatic rings. The van der Waals surface area contributed by atoms with E-state index in [0.29, 0.717) is 22.6 Å². The summed E-state index contributed by atoms with van der Waals surface area (Å²) in [6.07, 6.45) is 3.82. The van der Waals surface area contributed by atoms with E-state index in [1.54, 1.807) is 10.6 Å². The van der Waals surface area contributed by atoms with E-state index in [9.17, 15) is 32.9 Å². The van der Waals surface area contributed by atoms with E-state index in [2.05, 4.69) is 23.8 Å². The maximum Gasteiger partial charge on any atom is 0.341 e. The Balaban J connectivity index is 1.53. The number of methoxy groups -OCH3 is 1. The molecule has 0 spiro atoms. The lowest BCUT2D eigenvalue weighted by atomic mass is 9.88. The summed E-state index contributed by atoms with van der Waals surface area (Å²) in [6, 6.07) is 4.18. The maximum atomic E-state index is 12.7. The van der Waals surface area contributed by atoms with E-state index in [1.165, 1.54) is 36.6 Å². The molecule has 0 saturated carbocycles. The highest BCUT2D eigenvalue weighted by atomic mass is 32.2. The van der Waals surface area contributed by atoms with Crippen LogP contribution in [0, 0.1) is 16.0 Å². The lowest BCUT2D eigenvalue weighted by molar-refractivity contribution is -0.384. The summed E-state index contributed by atoms with van der Waals surface area (Å²) in [6.45, 7) is 5.98. The molecule has 40 heavy (non-hydrogen) atoms. The van der Waals surface area contributed by atoms with Crippen molar-refractivity contribution < 1.29 is 32.5 Å². The van der Waals surface area contributed by atoms with Gasteiger partial charge < -0.3 is 14.6 Å². The summed E-state index contributed by atoms with van der Waals surface area (Å²) >= 11 is 2.22. The molecule has 2 heterocycles. The Labute approximate surface area is 237 Å². The van der Waals surface area contributed by atoms with Crippen LogP contribution in [-0.2, 0) is 43.5 Å². The topological polar surface area (TPSA) is 167 Å². The summed E-state index contributed by atoms with van der Waals surface area (Å²) in [4.78, 5) is 53.4. The van der Waals surface area contributed by atoms with Crippen LogP contribution in [0.1, 0.15) is 34.1 Å². The molecular formula is C25H26N4O8S3. The van der Waals surface area contributed by atoms with Crippen LogP contribution in [0.25, 0.3) is 10.2 Å². The van der Waals surface area contributed by atoms with E-state index < -0.39 is 44.0 Å². The van der Waals surface area contributed by atoms with Gasteiger partial charge in [0.15, 0.2) is 14.6 Å². The van der Waals surface area contributed by atoms with Crippen molar-refractivity contribution in [2.75, 3.05) is 23.9 Å². The average molecular weight is 607 g/mol. The number of esters is 1. The van der Waals surface area contributed by atoms with Gasteiger partial charge >= 0.3 is 5.97 Å². The first kappa shape index (κ1) is 29.3. The number of rotatable bonds is 9. The summed E-state index contributed by atoms with van der Waals surface area (Å²) < 4.78 is 32.4. The van der Waals surface area contributed by atoms with Crippen molar-refractivity contribution in [1.82, 2.24) is 4.57 Å². The zero-order valence-corrected chi connectivity index (χ0v) is 24.1. The molecule has 0 bridgehead atoms. The minimum atomic E-state index is -4.22. The number of amides is 2. The van der Waals surface area contributed by atoms with Crippen molar-refractivity contribution in [1.29, 1.82) is 0 Å². The molecule has 212 valence electrons. The van der Waals surface area contributed by atoms with Gasteiger partial charge in [0.1, 0.15) is 16.5 Å². The Kier molecular flexibility index (Phi) is 8.65. The number of aromatic nitrogens is 1. The van der Waals surface area contributed by atoms with E-state index in [1.807, 2.05) is 0 Å². The number of non-ortho nitro benzene ring substituents is 1. The van der Waals surface area contributed by atoms with Gasteiger partial charge in [-0.15, -0.1) is 17.9 Å². The van der Waals surface area contributed by atoms with Gasteiger partial charge in [-0.2, -0.15) is 4.99 Å². The monoisotopic (exact) mass is 606 g/mol. The number of carbonyl (C=O) groups excluding carboxylic acids is 3. The van der Waals surface area contributed by atoms with Crippen molar-refractivity contribution >= 4 is 71.2 Å². The fourth-order valence-corrected chi connectivity index (χ4v) is 7.98. The third-order valence-corrected chi connectivity index (χ3v) is 9.86. The highest BCUT2D eigenvalue weighted by Gasteiger charge is 2.30. The molecule has 1 aromatic carbocycles. The van der Waals surface area contributed by atoms with Crippen LogP contribution in [0.2, 0.25) is 0 Å². The molecular weight excluding hydrogens is 580 g/mol. The minimum Gasteiger partial charge on any atom is -0.465 e. The standard InChI is InChI=1S/C25H26N4O8S3/c1-4-9-28-17-8-6-15(29(33)34)11-19(17)39-25(28)27-21(31)13-40(35,36)12-20(30)26-23-22(24(32)37-3)16-7-5-14(2)10-18(16)38-23/h4,6,8,11,14H,1,5,7,9-10,12-13H2,2-3H3,(H,26,30). The number of nitrogens with zero attached hydrogens (tertiary/aromatic N) is 3. The number of hydrogen-bond acceptors (Lipinski definition) is 10. The van der Waals surface area contributed by atoms with Gasteiger partial charge in [0.2, 0.25) is 5.91 Å². The predicted molar refractivity (Wildman–Crippen MR) is 151 cm³/mol. The number of thiophene rings is 1. The second kappa shape index (κ2) is 11.8. The number of sulfone groups is 1. The third-order valence-electron chi connectivity index (χ3n) is 6.26. The van der Waals surface area contributed by atoms with Crippen molar-refractivity contribution in [2.45, 2.75) is 32.7 Å². The number of carbonyl (C=O) groups is 3. The molecule has 4 rings (SSSR count). The van der Waals surface area contributed by atoms with Crippen LogP contribution in [0.4, 0.5) is 10.7 Å². The van der Waals surface area contributed by atoms with Crippen LogP contribution in [0.5, 0.6) is 0 Å². The molecule has 2 amide bonds. The van der Waals surface area contributed by atoms with Crippen molar-refractivity contribution in [3.8, 4) is 0 Å². The van der Waals surface area contributed by atoms with Crippen LogP contribution >= 0.6 is 22.7 Å². The normalized spacial score (nSPS) is 15.4. The second-order valence-electron chi connectivity index (χ2n) is 9.33. The van der Waals surface area contributed by atoms with Crippen molar-refractivity contribution in [2.24, 2.45) is 10.9 Å². The lowest BCUT2D eigenvalue weighted by Crippen LogP contribution is -2.28. The van der Waals surface area contributed by atoms with Gasteiger partial charge in [0, 0.05) is 23.6 Å². The van der Waals surface area contributed by atoms with Crippen molar-refractivity contribution in [3.63, 3.8) is 0 Å². The quantitative estimate of drug-likeness (QED) is 0.168. The smallest absolute Gasteiger partial charge is 0.341 e. The number of allylic oxidation sites excluding steroid dienone is 1. The number of benzene rings is 1. The number of hydrogen-bond donors (Lipinski definition) is 1. The van der Waals surface area contributed by atoms with Gasteiger partial charge in [-0.05, 0) is 36.8 Å². The minimum absolute atomic E-state index is 0.137. The van der Waals surface area contributed by atoms with Gasteiger partial charge in [-0.25, -0.2) is 13.2 Å². The average Bonchev–Trinajstić information content (AvgIpc) is 3.38. The van der Waals surface area contributed by atoms with Gasteiger partial charge in [-0.3, -0.25) is 19.7 Å². The molecule has 1 unspecified atom stereocenters. The molecule has 1 aliphatic rings.